The number of halogens is 1. The van der Waals surface area contributed by atoms with Crippen LogP contribution in [0.25, 0.3) is 0 Å². The van der Waals surface area contributed by atoms with Crippen LogP contribution in [-0.2, 0) is 4.79 Å². The highest BCUT2D eigenvalue weighted by Gasteiger charge is 2.19. The molecule has 104 valence electrons. The lowest BCUT2D eigenvalue weighted by Crippen LogP contribution is -2.36. The van der Waals surface area contributed by atoms with Crippen molar-refractivity contribution in [3.8, 4) is 0 Å². The molecule has 19 heavy (non-hydrogen) atoms. The zero-order valence-electron chi connectivity index (χ0n) is 10.3. The van der Waals surface area contributed by atoms with E-state index in [4.69, 9.17) is 17.3 Å². The van der Waals surface area contributed by atoms with Crippen LogP contribution < -0.4 is 11.1 Å². The Labute approximate surface area is 119 Å². The molecular formula is C11H14ClN3O3S. The molecule has 1 rings (SSSR count). The molecule has 0 aromatic heterocycles. The van der Waals surface area contributed by atoms with Crippen LogP contribution in [0.4, 0.5) is 11.4 Å². The Balaban J connectivity index is 2.81. The second kappa shape index (κ2) is 7.32. The number of nitro groups is 1. The van der Waals surface area contributed by atoms with Crippen LogP contribution in [0.15, 0.2) is 18.2 Å². The first kappa shape index (κ1) is 15.7. The lowest BCUT2D eigenvalue weighted by atomic mass is 10.2. The molecular weight excluding hydrogens is 290 g/mol. The largest absolute Gasteiger partial charge is 0.320 e. The van der Waals surface area contributed by atoms with Crippen molar-refractivity contribution < 1.29 is 9.72 Å². The van der Waals surface area contributed by atoms with Crippen LogP contribution >= 0.6 is 23.4 Å². The van der Waals surface area contributed by atoms with Crippen LogP contribution in [-0.4, -0.2) is 28.9 Å². The van der Waals surface area contributed by atoms with E-state index in [2.05, 4.69) is 5.32 Å². The Morgan fingerprint density at radius 3 is 2.89 bits per heavy atom. The maximum atomic E-state index is 11.8. The highest BCUT2D eigenvalue weighted by atomic mass is 35.5. The average Bonchev–Trinajstić information content (AvgIpc) is 2.37. The van der Waals surface area contributed by atoms with Crippen molar-refractivity contribution >= 4 is 40.6 Å². The number of amides is 1. The molecule has 0 aliphatic carbocycles. The van der Waals surface area contributed by atoms with E-state index in [9.17, 15) is 14.9 Å². The molecule has 0 unspecified atom stereocenters. The van der Waals surface area contributed by atoms with Crippen LogP contribution in [0.3, 0.4) is 0 Å². The highest BCUT2D eigenvalue weighted by Crippen LogP contribution is 2.27. The molecule has 1 atom stereocenters. The fraction of sp³-hybridized carbons (Fsp3) is 0.364. The summed E-state index contributed by atoms with van der Waals surface area (Å²) in [5, 5.41) is 13.5. The van der Waals surface area contributed by atoms with Gasteiger partial charge in [0.15, 0.2) is 0 Å². The Bertz CT molecular complexity index is 484. The zero-order chi connectivity index (χ0) is 14.4. The Kier molecular flexibility index (Phi) is 6.07. The number of thioether (sulfide) groups is 1. The van der Waals surface area contributed by atoms with E-state index in [-0.39, 0.29) is 16.4 Å². The van der Waals surface area contributed by atoms with Crippen molar-refractivity contribution in [1.29, 1.82) is 0 Å². The summed E-state index contributed by atoms with van der Waals surface area (Å²) in [7, 11) is 0. The van der Waals surface area contributed by atoms with E-state index >= 15 is 0 Å². The first-order chi connectivity index (χ1) is 8.95. The number of hydrogen-bond acceptors (Lipinski definition) is 5. The van der Waals surface area contributed by atoms with Gasteiger partial charge in [-0.25, -0.2) is 0 Å². The van der Waals surface area contributed by atoms with Gasteiger partial charge in [-0.2, -0.15) is 11.8 Å². The van der Waals surface area contributed by atoms with Gasteiger partial charge in [0.2, 0.25) is 5.91 Å². The molecule has 1 aromatic carbocycles. The molecule has 0 aliphatic heterocycles. The quantitative estimate of drug-likeness (QED) is 0.620. The molecule has 0 fully saturated rings. The maximum Gasteiger partial charge on any atom is 0.294 e. The first-order valence-electron chi connectivity index (χ1n) is 5.45. The number of nitrogens with zero attached hydrogens (tertiary/aromatic N) is 1. The highest BCUT2D eigenvalue weighted by molar-refractivity contribution is 7.98. The van der Waals surface area contributed by atoms with Crippen LogP contribution in [0.5, 0.6) is 0 Å². The Morgan fingerprint density at radius 1 is 1.63 bits per heavy atom. The molecule has 8 heteroatoms. The van der Waals surface area contributed by atoms with Gasteiger partial charge in [0, 0.05) is 11.1 Å². The van der Waals surface area contributed by atoms with Gasteiger partial charge in [0.25, 0.3) is 5.69 Å². The standard InChI is InChI=1S/C11H14ClN3O3S/c1-19-5-4-8(13)11(16)14-9-3-2-7(12)6-10(9)15(17)18/h2-3,6,8H,4-5,13H2,1H3,(H,14,16)/t8-/m1/s1. The summed E-state index contributed by atoms with van der Waals surface area (Å²) >= 11 is 7.26. The van der Waals surface area contributed by atoms with Gasteiger partial charge >= 0.3 is 0 Å². The van der Waals surface area contributed by atoms with Crippen molar-refractivity contribution in [2.24, 2.45) is 5.73 Å². The van der Waals surface area contributed by atoms with Gasteiger partial charge in [0.1, 0.15) is 5.69 Å². The number of carbonyl (C=O) groups is 1. The summed E-state index contributed by atoms with van der Waals surface area (Å²) < 4.78 is 0. The van der Waals surface area contributed by atoms with Crippen molar-refractivity contribution in [2.45, 2.75) is 12.5 Å². The fourth-order valence-electron chi connectivity index (χ4n) is 1.36. The summed E-state index contributed by atoms with van der Waals surface area (Å²) in [4.78, 5) is 22.0. The van der Waals surface area contributed by atoms with Gasteiger partial charge in [-0.3, -0.25) is 14.9 Å². The average molecular weight is 304 g/mol. The van der Waals surface area contributed by atoms with E-state index < -0.39 is 16.9 Å². The molecule has 0 saturated carbocycles. The van der Waals surface area contributed by atoms with Gasteiger partial charge in [-0.15, -0.1) is 0 Å². The van der Waals surface area contributed by atoms with E-state index in [0.717, 1.165) is 5.75 Å². The second-order valence-electron chi connectivity index (χ2n) is 3.80. The van der Waals surface area contributed by atoms with E-state index in [1.807, 2.05) is 6.26 Å². The SMILES string of the molecule is CSCC[C@@H](N)C(=O)Nc1ccc(Cl)cc1[N+](=O)[O-]. The lowest BCUT2D eigenvalue weighted by Gasteiger charge is -2.11. The molecule has 1 amide bonds. The number of nitro benzene ring substituents is 1. The monoisotopic (exact) mass is 303 g/mol. The summed E-state index contributed by atoms with van der Waals surface area (Å²) in [5.41, 5.74) is 5.53. The number of rotatable bonds is 6. The molecule has 1 aromatic rings. The van der Waals surface area contributed by atoms with Crippen LogP contribution in [0, 0.1) is 10.1 Å². The smallest absolute Gasteiger partial charge is 0.294 e. The molecule has 3 N–H and O–H groups in total. The number of hydrogen-bond donors (Lipinski definition) is 2. The third kappa shape index (κ3) is 4.70. The predicted molar refractivity (Wildman–Crippen MR) is 77.7 cm³/mol. The summed E-state index contributed by atoms with van der Waals surface area (Å²) in [6.07, 6.45) is 2.42. The summed E-state index contributed by atoms with van der Waals surface area (Å²) in [5.74, 6) is 0.302. The summed E-state index contributed by atoms with van der Waals surface area (Å²) in [6, 6.07) is 3.35. The number of nitrogens with two attached hydrogens (primary N) is 1. The second-order valence-corrected chi connectivity index (χ2v) is 5.22. The van der Waals surface area contributed by atoms with Gasteiger partial charge in [-0.05, 0) is 30.6 Å². The van der Waals surface area contributed by atoms with Crippen LogP contribution in [0.2, 0.25) is 5.02 Å². The number of anilines is 1. The molecule has 0 heterocycles. The van der Waals surface area contributed by atoms with E-state index in [0.29, 0.717) is 6.42 Å². The van der Waals surface area contributed by atoms with Crippen molar-refractivity contribution in [1.82, 2.24) is 0 Å². The normalized spacial score (nSPS) is 11.9. The van der Waals surface area contributed by atoms with Gasteiger partial charge < -0.3 is 11.1 Å². The van der Waals surface area contributed by atoms with Crippen molar-refractivity contribution in [3.05, 3.63) is 33.3 Å². The number of nitrogens with one attached hydrogen (secondary N) is 1. The van der Waals surface area contributed by atoms with E-state index in [1.54, 1.807) is 11.8 Å². The molecule has 0 radical (unpaired) electrons. The van der Waals surface area contributed by atoms with E-state index in [1.165, 1.54) is 18.2 Å². The van der Waals surface area contributed by atoms with Crippen molar-refractivity contribution in [2.75, 3.05) is 17.3 Å². The maximum absolute atomic E-state index is 11.8. The number of benzene rings is 1. The molecule has 0 spiro atoms. The third-order valence-electron chi connectivity index (χ3n) is 2.38. The van der Waals surface area contributed by atoms with Gasteiger partial charge in [0.05, 0.1) is 11.0 Å². The fourth-order valence-corrected chi connectivity index (χ4v) is 2.02. The molecule has 0 aliphatic rings. The molecule has 0 saturated heterocycles. The molecule has 6 nitrogen and oxygen atoms in total. The minimum Gasteiger partial charge on any atom is -0.320 e. The molecule has 0 bridgehead atoms. The predicted octanol–water partition coefficient (Wildman–Crippen LogP) is 2.27. The first-order valence-corrected chi connectivity index (χ1v) is 7.22. The topological polar surface area (TPSA) is 98.3 Å². The minimum absolute atomic E-state index is 0.0963. The van der Waals surface area contributed by atoms with Crippen LogP contribution in [0.1, 0.15) is 6.42 Å². The Hall–Kier alpha value is -1.31. The van der Waals surface area contributed by atoms with Crippen molar-refractivity contribution in [3.63, 3.8) is 0 Å². The lowest BCUT2D eigenvalue weighted by molar-refractivity contribution is -0.383. The minimum atomic E-state index is -0.692. The Morgan fingerprint density at radius 2 is 2.32 bits per heavy atom. The number of carbonyl (C=O) groups excluding carboxylic acids is 1. The zero-order valence-corrected chi connectivity index (χ0v) is 11.8. The summed E-state index contributed by atoms with van der Waals surface area (Å²) in [6.45, 7) is 0. The third-order valence-corrected chi connectivity index (χ3v) is 3.26. The van der Waals surface area contributed by atoms with Gasteiger partial charge in [-0.1, -0.05) is 11.6 Å².